The van der Waals surface area contributed by atoms with Crippen LogP contribution in [-0.4, -0.2) is 26.3 Å². The number of ether oxygens (including phenoxy) is 2. The summed E-state index contributed by atoms with van der Waals surface area (Å²) in [6.45, 7) is -1.14. The van der Waals surface area contributed by atoms with Gasteiger partial charge in [0, 0.05) is 12.7 Å². The molecule has 108 valence electrons. The first-order valence-corrected chi connectivity index (χ1v) is 4.98. The van der Waals surface area contributed by atoms with Gasteiger partial charge in [-0.05, 0) is 0 Å². The van der Waals surface area contributed by atoms with Gasteiger partial charge in [-0.2, -0.15) is 26.3 Å². The van der Waals surface area contributed by atoms with Gasteiger partial charge in [0.25, 0.3) is 5.60 Å². The number of halogens is 6. The highest BCUT2D eigenvalue weighted by Gasteiger charge is 2.73. The molecule has 1 aromatic rings. The van der Waals surface area contributed by atoms with Crippen molar-refractivity contribution >= 4 is 0 Å². The van der Waals surface area contributed by atoms with E-state index in [0.29, 0.717) is 12.1 Å². The normalized spacial score (nSPS) is 13.6. The molecule has 0 saturated carbocycles. The van der Waals surface area contributed by atoms with Gasteiger partial charge in [0.15, 0.2) is 0 Å². The average molecular weight is 288 g/mol. The first kappa shape index (κ1) is 15.8. The molecule has 0 heterocycles. The lowest BCUT2D eigenvalue weighted by molar-refractivity contribution is -0.400. The van der Waals surface area contributed by atoms with E-state index < -0.39 is 30.3 Å². The average Bonchev–Trinajstić information content (AvgIpc) is 2.27. The quantitative estimate of drug-likeness (QED) is 0.622. The SMILES string of the molecule is COCOC(c1ccccc1)(C(F)(F)F)C(F)(F)F. The minimum absolute atomic E-state index is 0.705. The molecule has 0 atom stereocenters. The molecule has 0 aromatic heterocycles. The fraction of sp³-hybridized carbons (Fsp3) is 0.455. The summed E-state index contributed by atoms with van der Waals surface area (Å²) in [5.74, 6) is 0. The van der Waals surface area contributed by atoms with E-state index >= 15 is 0 Å². The fourth-order valence-corrected chi connectivity index (χ4v) is 1.56. The van der Waals surface area contributed by atoms with E-state index in [4.69, 9.17) is 0 Å². The van der Waals surface area contributed by atoms with Crippen LogP contribution in [0.2, 0.25) is 0 Å². The van der Waals surface area contributed by atoms with Crippen molar-refractivity contribution in [2.75, 3.05) is 13.9 Å². The first-order valence-electron chi connectivity index (χ1n) is 4.98. The van der Waals surface area contributed by atoms with Gasteiger partial charge in [-0.15, -0.1) is 0 Å². The topological polar surface area (TPSA) is 18.5 Å². The summed E-state index contributed by atoms with van der Waals surface area (Å²) < 4.78 is 86.1. The summed E-state index contributed by atoms with van der Waals surface area (Å²) in [6, 6.07) is 4.85. The number of benzene rings is 1. The van der Waals surface area contributed by atoms with Gasteiger partial charge < -0.3 is 9.47 Å². The molecular formula is C11H10F6O2. The summed E-state index contributed by atoms with van der Waals surface area (Å²) in [4.78, 5) is 0. The number of hydrogen-bond donors (Lipinski definition) is 0. The number of rotatable bonds is 4. The van der Waals surface area contributed by atoms with Crippen LogP contribution in [0.1, 0.15) is 5.56 Å². The van der Waals surface area contributed by atoms with Crippen LogP contribution in [0.5, 0.6) is 0 Å². The second kappa shape index (κ2) is 5.38. The van der Waals surface area contributed by atoms with Gasteiger partial charge in [-0.25, -0.2) is 0 Å². The Labute approximate surface area is 104 Å². The van der Waals surface area contributed by atoms with E-state index in [-0.39, 0.29) is 0 Å². The van der Waals surface area contributed by atoms with Crippen LogP contribution < -0.4 is 0 Å². The predicted molar refractivity (Wildman–Crippen MR) is 53.2 cm³/mol. The molecule has 0 saturated heterocycles. The molecule has 0 amide bonds. The number of hydrogen-bond acceptors (Lipinski definition) is 2. The Morgan fingerprint density at radius 2 is 1.37 bits per heavy atom. The van der Waals surface area contributed by atoms with Crippen LogP contribution in [0, 0.1) is 0 Å². The van der Waals surface area contributed by atoms with Crippen molar-refractivity contribution in [2.24, 2.45) is 0 Å². The highest BCUT2D eigenvalue weighted by atomic mass is 19.4. The van der Waals surface area contributed by atoms with Crippen LogP contribution in [0.3, 0.4) is 0 Å². The van der Waals surface area contributed by atoms with Crippen molar-refractivity contribution in [3.8, 4) is 0 Å². The van der Waals surface area contributed by atoms with Crippen molar-refractivity contribution in [2.45, 2.75) is 18.0 Å². The van der Waals surface area contributed by atoms with Crippen LogP contribution in [-0.2, 0) is 15.1 Å². The molecule has 8 heteroatoms. The maximum absolute atomic E-state index is 13.0. The molecule has 0 fully saturated rings. The number of alkyl halides is 6. The Bertz CT molecular complexity index is 384. The lowest BCUT2D eigenvalue weighted by Gasteiger charge is -2.37. The van der Waals surface area contributed by atoms with E-state index in [2.05, 4.69) is 9.47 Å². The van der Waals surface area contributed by atoms with Crippen LogP contribution >= 0.6 is 0 Å². The summed E-state index contributed by atoms with van der Waals surface area (Å²) in [5.41, 5.74) is -5.45. The molecule has 0 radical (unpaired) electrons. The molecule has 0 unspecified atom stereocenters. The van der Waals surface area contributed by atoms with Crippen LogP contribution in [0.15, 0.2) is 30.3 Å². The predicted octanol–water partition coefficient (Wildman–Crippen LogP) is 3.63. The Morgan fingerprint density at radius 3 is 1.74 bits per heavy atom. The highest BCUT2D eigenvalue weighted by Crippen LogP contribution is 2.52. The molecule has 0 bridgehead atoms. The second-order valence-electron chi connectivity index (χ2n) is 3.59. The van der Waals surface area contributed by atoms with E-state index in [1.54, 1.807) is 0 Å². The van der Waals surface area contributed by atoms with Gasteiger partial charge in [0.2, 0.25) is 0 Å². The molecule has 0 aliphatic rings. The summed E-state index contributed by atoms with van der Waals surface area (Å²) >= 11 is 0. The zero-order chi connectivity index (χ0) is 14.7. The molecule has 2 nitrogen and oxygen atoms in total. The Kier molecular flexibility index (Phi) is 4.46. The van der Waals surface area contributed by atoms with Crippen molar-refractivity contribution in [3.63, 3.8) is 0 Å². The molecule has 0 aliphatic carbocycles. The van der Waals surface area contributed by atoms with Crippen molar-refractivity contribution in [3.05, 3.63) is 35.9 Å². The van der Waals surface area contributed by atoms with E-state index in [9.17, 15) is 26.3 Å². The first-order chi connectivity index (χ1) is 8.67. The van der Waals surface area contributed by atoms with Gasteiger partial charge in [-0.3, -0.25) is 0 Å². The third-order valence-electron chi connectivity index (χ3n) is 2.37. The summed E-state index contributed by atoms with van der Waals surface area (Å²) in [6.07, 6.45) is -11.4. The smallest absolute Gasteiger partial charge is 0.359 e. The minimum atomic E-state index is -5.68. The van der Waals surface area contributed by atoms with Gasteiger partial charge in [-0.1, -0.05) is 30.3 Å². The third kappa shape index (κ3) is 2.84. The molecule has 1 rings (SSSR count). The standard InChI is InChI=1S/C11H10F6O2/c1-18-7-19-9(10(12,13)14,11(15,16)17)8-5-3-2-4-6-8/h2-6H,7H2,1H3. The maximum Gasteiger partial charge on any atom is 0.430 e. The molecule has 0 N–H and O–H groups in total. The van der Waals surface area contributed by atoms with Crippen LogP contribution in [0.25, 0.3) is 0 Å². The molecule has 1 aromatic carbocycles. The van der Waals surface area contributed by atoms with Crippen molar-refractivity contribution in [1.82, 2.24) is 0 Å². The zero-order valence-corrected chi connectivity index (χ0v) is 9.68. The minimum Gasteiger partial charge on any atom is -0.359 e. The molecule has 0 aliphatic heterocycles. The second-order valence-corrected chi connectivity index (χ2v) is 3.59. The molecule has 19 heavy (non-hydrogen) atoms. The summed E-state index contributed by atoms with van der Waals surface area (Å²) in [5, 5.41) is 0. The van der Waals surface area contributed by atoms with Gasteiger partial charge in [0.1, 0.15) is 6.79 Å². The lowest BCUT2D eigenvalue weighted by atomic mass is 9.92. The van der Waals surface area contributed by atoms with E-state index in [0.717, 1.165) is 19.2 Å². The largest absolute Gasteiger partial charge is 0.430 e. The van der Waals surface area contributed by atoms with Gasteiger partial charge in [0.05, 0.1) is 0 Å². The Morgan fingerprint density at radius 1 is 0.895 bits per heavy atom. The lowest BCUT2D eigenvalue weighted by Crippen LogP contribution is -2.56. The highest BCUT2D eigenvalue weighted by molar-refractivity contribution is 5.27. The summed E-state index contributed by atoms with van der Waals surface area (Å²) in [7, 11) is 0.933. The fourth-order valence-electron chi connectivity index (χ4n) is 1.56. The Hall–Kier alpha value is -1.28. The Balaban J connectivity index is 3.45. The van der Waals surface area contributed by atoms with Crippen molar-refractivity contribution < 1.29 is 35.8 Å². The molecular weight excluding hydrogens is 278 g/mol. The molecule has 0 spiro atoms. The zero-order valence-electron chi connectivity index (χ0n) is 9.68. The number of methoxy groups -OCH3 is 1. The van der Waals surface area contributed by atoms with Crippen molar-refractivity contribution in [1.29, 1.82) is 0 Å². The monoisotopic (exact) mass is 288 g/mol. The van der Waals surface area contributed by atoms with Gasteiger partial charge >= 0.3 is 12.4 Å². The van der Waals surface area contributed by atoms with E-state index in [1.165, 1.54) is 6.07 Å². The maximum atomic E-state index is 13.0. The third-order valence-corrected chi connectivity index (χ3v) is 2.37. The van der Waals surface area contributed by atoms with E-state index in [1.807, 2.05) is 0 Å². The van der Waals surface area contributed by atoms with Crippen LogP contribution in [0.4, 0.5) is 26.3 Å².